The van der Waals surface area contributed by atoms with Crippen LogP contribution in [0.2, 0.25) is 0 Å². The van der Waals surface area contributed by atoms with Gasteiger partial charge in [-0.2, -0.15) is 0 Å². The van der Waals surface area contributed by atoms with E-state index in [1.807, 2.05) is 75.9 Å². The summed E-state index contributed by atoms with van der Waals surface area (Å²) in [5.74, 6) is -3.31. The first-order chi connectivity index (χ1) is 38.8. The zero-order chi connectivity index (χ0) is 61.5. The van der Waals surface area contributed by atoms with E-state index in [0.29, 0.717) is 82.9 Å². The minimum Gasteiger partial charge on any atom is -0.382 e. The highest BCUT2D eigenvalue weighted by Crippen LogP contribution is 2.34. The van der Waals surface area contributed by atoms with Crippen LogP contribution in [-0.2, 0) is 54.2 Å². The number of aromatic nitrogens is 1. The summed E-state index contributed by atoms with van der Waals surface area (Å²) >= 11 is 1.34. The van der Waals surface area contributed by atoms with Crippen molar-refractivity contribution in [2.24, 2.45) is 29.6 Å². The summed E-state index contributed by atoms with van der Waals surface area (Å²) in [7, 11) is 6.88. The number of ether oxygens (including phenoxy) is 3. The molecule has 0 aliphatic carbocycles. The Kier molecular flexibility index (Phi) is 34.6. The number of amides is 5. The van der Waals surface area contributed by atoms with Crippen LogP contribution in [0.1, 0.15) is 192 Å². The fraction of sp³-hybridized carbons (Fsp3) is 0.730. The Labute approximate surface area is 495 Å². The van der Waals surface area contributed by atoms with E-state index in [1.165, 1.54) is 11.3 Å². The van der Waals surface area contributed by atoms with E-state index >= 15 is 0 Å². The number of hydrogen-bond acceptors (Lipinski definition) is 14. The lowest BCUT2D eigenvalue weighted by Crippen LogP contribution is -2.51. The highest BCUT2D eigenvalue weighted by atomic mass is 32.1. The number of carbonyl (C=O) groups excluding carboxylic acids is 8. The second-order valence-corrected chi connectivity index (χ2v) is 24.3. The Bertz CT molecular complexity index is 2270. The molecule has 8 atom stereocenters. The lowest BCUT2D eigenvalue weighted by atomic mass is 9.81. The molecule has 1 heterocycles. The zero-order valence-corrected chi connectivity index (χ0v) is 53.5. The Hall–Kier alpha value is -4.95. The average molecular weight is 1170 g/mol. The molecular formula is C63H105N7O11S. The van der Waals surface area contributed by atoms with Crippen molar-refractivity contribution in [1.82, 2.24) is 36.1 Å². The van der Waals surface area contributed by atoms with Gasteiger partial charge >= 0.3 is 0 Å². The number of benzene rings is 1. The molecule has 5 amide bonds. The molecule has 4 N–H and O–H groups in total. The van der Waals surface area contributed by atoms with E-state index < -0.39 is 53.3 Å². The Morgan fingerprint density at radius 3 is 2.07 bits per heavy atom. The van der Waals surface area contributed by atoms with E-state index in [0.717, 1.165) is 30.4 Å². The number of rotatable bonds is 44. The SMILES string of the molecule is CCCO[C@H](C[C@H](C(C)C)N(CCC)C(=O)[C@@H](CC(=O)C(C)(C)N(C)C)C(C)CC)c1nc(C(=O)N[C@@H](Cc2ccc(C)cc2)CC(C)C(=O)CC(C)C(=O)NC(CCCCNC(=O)COCCOC)C(=O)CCCCC(=O)NC)cs1. The summed E-state index contributed by atoms with van der Waals surface area (Å²) in [6.07, 6.45) is 5.82. The number of methoxy groups -OCH3 is 1. The fourth-order valence-corrected chi connectivity index (χ4v) is 10.5. The van der Waals surface area contributed by atoms with Gasteiger partial charge in [-0.25, -0.2) is 4.98 Å². The van der Waals surface area contributed by atoms with Crippen LogP contribution < -0.4 is 21.3 Å². The molecule has 0 saturated carbocycles. The summed E-state index contributed by atoms with van der Waals surface area (Å²) < 4.78 is 16.7. The van der Waals surface area contributed by atoms with E-state index in [1.54, 1.807) is 33.4 Å². The van der Waals surface area contributed by atoms with Gasteiger partial charge in [-0.1, -0.05) is 91.6 Å². The van der Waals surface area contributed by atoms with Crippen LogP contribution in [0.25, 0.3) is 0 Å². The molecule has 2 aromatic rings. The molecule has 19 heteroatoms. The van der Waals surface area contributed by atoms with Gasteiger partial charge in [0.05, 0.1) is 24.8 Å². The molecule has 4 unspecified atom stereocenters. The van der Waals surface area contributed by atoms with Crippen molar-refractivity contribution < 1.29 is 52.6 Å². The first kappa shape index (κ1) is 73.2. The third-order valence-electron chi connectivity index (χ3n) is 15.8. The number of thiazole rings is 1. The molecule has 18 nitrogen and oxygen atoms in total. The van der Waals surface area contributed by atoms with Crippen LogP contribution in [0.15, 0.2) is 29.6 Å². The smallest absolute Gasteiger partial charge is 0.270 e. The van der Waals surface area contributed by atoms with Crippen LogP contribution >= 0.6 is 11.3 Å². The number of carbonyl (C=O) groups is 8. The van der Waals surface area contributed by atoms with Gasteiger partial charge in [0, 0.05) is 101 Å². The quantitative estimate of drug-likeness (QED) is 0.0455. The van der Waals surface area contributed by atoms with E-state index in [-0.39, 0.29) is 97.4 Å². The lowest BCUT2D eigenvalue weighted by Gasteiger charge is -2.40. The Morgan fingerprint density at radius 2 is 1.46 bits per heavy atom. The van der Waals surface area contributed by atoms with Gasteiger partial charge in [0.15, 0.2) is 11.6 Å². The number of ketones is 3. The minimum absolute atomic E-state index is 0.0182. The third kappa shape index (κ3) is 25.9. The normalized spacial score (nSPS) is 14.7. The highest BCUT2D eigenvalue weighted by Gasteiger charge is 2.40. The van der Waals surface area contributed by atoms with E-state index in [9.17, 15) is 38.4 Å². The van der Waals surface area contributed by atoms with Gasteiger partial charge in [-0.3, -0.25) is 43.3 Å². The summed E-state index contributed by atoms with van der Waals surface area (Å²) in [5, 5.41) is 13.8. The Balaban J connectivity index is 2.33. The number of Topliss-reactive ketones (excluding diaryl/α,β-unsaturated/α-hetero) is 3. The lowest BCUT2D eigenvalue weighted by molar-refractivity contribution is -0.145. The van der Waals surface area contributed by atoms with Crippen LogP contribution in [-0.4, -0.2) is 153 Å². The van der Waals surface area contributed by atoms with Gasteiger partial charge in [-0.15, -0.1) is 11.3 Å². The molecule has 1 aromatic heterocycles. The molecular weight excluding hydrogens is 1060 g/mol. The molecule has 1 aromatic carbocycles. The van der Waals surface area contributed by atoms with Gasteiger partial charge in [-0.05, 0) is 110 Å². The van der Waals surface area contributed by atoms with Crippen molar-refractivity contribution in [2.45, 2.75) is 202 Å². The minimum atomic E-state index is -0.808. The largest absolute Gasteiger partial charge is 0.382 e. The topological polar surface area (TPSA) is 232 Å². The number of likely N-dealkylation sites (N-methyl/N-ethyl adjacent to an activating group) is 1. The molecule has 0 aliphatic heterocycles. The van der Waals surface area contributed by atoms with Gasteiger partial charge in [0.1, 0.15) is 29.2 Å². The average Bonchev–Trinajstić information content (AvgIpc) is 4.06. The molecule has 464 valence electrons. The summed E-state index contributed by atoms with van der Waals surface area (Å²) in [6.45, 7) is 23.6. The van der Waals surface area contributed by atoms with E-state index in [2.05, 4.69) is 55.9 Å². The first-order valence-corrected chi connectivity index (χ1v) is 31.1. The number of aryl methyl sites for hydroxylation is 1. The van der Waals surface area contributed by atoms with Gasteiger partial charge in [0.25, 0.3) is 5.91 Å². The molecule has 0 fully saturated rings. The summed E-state index contributed by atoms with van der Waals surface area (Å²) in [5.41, 5.74) is 1.54. The molecule has 82 heavy (non-hydrogen) atoms. The monoisotopic (exact) mass is 1170 g/mol. The second kappa shape index (κ2) is 38.8. The van der Waals surface area contributed by atoms with Crippen molar-refractivity contribution in [2.75, 3.05) is 67.8 Å². The molecule has 0 spiro atoms. The Morgan fingerprint density at radius 1 is 0.780 bits per heavy atom. The van der Waals surface area contributed by atoms with Crippen molar-refractivity contribution in [3.63, 3.8) is 0 Å². The highest BCUT2D eigenvalue weighted by molar-refractivity contribution is 7.09. The fourth-order valence-electron chi connectivity index (χ4n) is 9.61. The second-order valence-electron chi connectivity index (χ2n) is 23.4. The number of nitrogens with one attached hydrogen (secondary N) is 4. The molecule has 0 radical (unpaired) electrons. The number of unbranched alkanes of at least 4 members (excludes halogenated alkanes) is 2. The number of nitrogens with zero attached hydrogens (tertiary/aromatic N) is 3. The molecule has 0 saturated heterocycles. The van der Waals surface area contributed by atoms with E-state index in [4.69, 9.17) is 19.2 Å². The van der Waals surface area contributed by atoms with Crippen molar-refractivity contribution in [3.8, 4) is 0 Å². The predicted octanol–water partition coefficient (Wildman–Crippen LogP) is 8.81. The van der Waals surface area contributed by atoms with Crippen molar-refractivity contribution in [1.29, 1.82) is 0 Å². The first-order valence-electron chi connectivity index (χ1n) is 30.2. The molecule has 0 aliphatic rings. The van der Waals surface area contributed by atoms with Crippen LogP contribution in [0.3, 0.4) is 0 Å². The third-order valence-corrected chi connectivity index (χ3v) is 16.8. The molecule has 2 rings (SSSR count). The van der Waals surface area contributed by atoms with Crippen molar-refractivity contribution in [3.05, 3.63) is 51.5 Å². The maximum Gasteiger partial charge on any atom is 0.270 e. The van der Waals surface area contributed by atoms with Crippen LogP contribution in [0.5, 0.6) is 0 Å². The van der Waals surface area contributed by atoms with Crippen LogP contribution in [0, 0.1) is 36.5 Å². The predicted molar refractivity (Wildman–Crippen MR) is 324 cm³/mol. The maximum atomic E-state index is 14.9. The summed E-state index contributed by atoms with van der Waals surface area (Å²) in [4.78, 5) is 117. The van der Waals surface area contributed by atoms with Gasteiger partial charge < -0.3 is 40.4 Å². The zero-order valence-electron chi connectivity index (χ0n) is 52.7. The van der Waals surface area contributed by atoms with Crippen LogP contribution in [0.4, 0.5) is 0 Å². The number of hydrogen-bond donors (Lipinski definition) is 4. The van der Waals surface area contributed by atoms with Gasteiger partial charge in [0.2, 0.25) is 23.6 Å². The van der Waals surface area contributed by atoms with Crippen molar-refractivity contribution >= 4 is 58.2 Å². The summed E-state index contributed by atoms with van der Waals surface area (Å²) in [6, 6.07) is 6.48. The standard InChI is InChI=1S/C63H105N7O11S/c1-16-31-70(62(78)49(44(7)18-3)38-56(73)63(10,11)69(13)14)52(42(4)5)39-55(81-32-17-2)61-68-51(41-82-61)60(77)66-48(37-47-28-26-43(6)27-29-47)35-45(8)54(72)36-46(9)59(76)67-50(53(71)24-19-20-25-57(74)64-12)23-21-22-30-65-58(75)40-80-34-33-79-15/h26-29,41-42,44-46,48-50,52,55H,16-25,30-40H2,1-15H3,(H,64,74)(H,65,75)(H,66,77)(H,67,76)/t44?,45?,46?,48-,49+,50?,52-,55-/m1/s1. The maximum absolute atomic E-state index is 14.9. The molecule has 0 bridgehead atoms.